The van der Waals surface area contributed by atoms with Crippen molar-refractivity contribution in [3.63, 3.8) is 0 Å². The molecule has 0 atom stereocenters. The first-order chi connectivity index (χ1) is 9.75. The standard InChI is InChI=1S/C18H14O2/c1-13-12-16(19)20-18(15-10-6-3-7-11-15)17(13)14-8-4-2-5-9-14/h2-12H,1H3. The number of benzene rings is 2. The molecule has 0 amide bonds. The minimum Gasteiger partial charge on any atom is -0.422 e. The third kappa shape index (κ3) is 2.28. The molecule has 0 bridgehead atoms. The van der Waals surface area contributed by atoms with Crippen LogP contribution in [0.5, 0.6) is 0 Å². The van der Waals surface area contributed by atoms with Crippen LogP contribution in [0, 0.1) is 6.92 Å². The molecular formula is C18H14O2. The predicted molar refractivity (Wildman–Crippen MR) is 80.6 cm³/mol. The second-order valence-electron chi connectivity index (χ2n) is 4.68. The minimum absolute atomic E-state index is 0.318. The summed E-state index contributed by atoms with van der Waals surface area (Å²) < 4.78 is 5.47. The lowest BCUT2D eigenvalue weighted by Gasteiger charge is -2.11. The Balaban J connectivity index is 2.32. The van der Waals surface area contributed by atoms with Gasteiger partial charge in [-0.05, 0) is 18.1 Å². The van der Waals surface area contributed by atoms with E-state index in [0.717, 1.165) is 22.3 Å². The fraction of sp³-hybridized carbons (Fsp3) is 0.0556. The van der Waals surface area contributed by atoms with Crippen molar-refractivity contribution in [2.24, 2.45) is 0 Å². The largest absolute Gasteiger partial charge is 0.422 e. The Morgan fingerprint density at radius 1 is 0.800 bits per heavy atom. The van der Waals surface area contributed by atoms with Gasteiger partial charge in [0.1, 0.15) is 5.76 Å². The lowest BCUT2D eigenvalue weighted by Crippen LogP contribution is -2.01. The first-order valence-electron chi connectivity index (χ1n) is 6.51. The van der Waals surface area contributed by atoms with E-state index in [-0.39, 0.29) is 5.63 Å². The Morgan fingerprint density at radius 3 is 1.95 bits per heavy atom. The van der Waals surface area contributed by atoms with E-state index >= 15 is 0 Å². The maximum absolute atomic E-state index is 11.7. The molecule has 0 saturated carbocycles. The van der Waals surface area contributed by atoms with Crippen LogP contribution in [0.4, 0.5) is 0 Å². The number of hydrogen-bond donors (Lipinski definition) is 0. The van der Waals surface area contributed by atoms with Crippen molar-refractivity contribution >= 4 is 0 Å². The monoisotopic (exact) mass is 262 g/mol. The highest BCUT2D eigenvalue weighted by Gasteiger charge is 2.13. The van der Waals surface area contributed by atoms with Gasteiger partial charge in [-0.3, -0.25) is 0 Å². The van der Waals surface area contributed by atoms with E-state index < -0.39 is 0 Å². The molecule has 0 fully saturated rings. The first-order valence-corrected chi connectivity index (χ1v) is 6.51. The summed E-state index contributed by atoms with van der Waals surface area (Å²) in [6, 6.07) is 21.2. The number of rotatable bonds is 2. The summed E-state index contributed by atoms with van der Waals surface area (Å²) in [5, 5.41) is 0. The Hall–Kier alpha value is -2.61. The summed E-state index contributed by atoms with van der Waals surface area (Å²) >= 11 is 0. The fourth-order valence-corrected chi connectivity index (χ4v) is 2.37. The van der Waals surface area contributed by atoms with E-state index in [1.165, 1.54) is 6.07 Å². The van der Waals surface area contributed by atoms with Gasteiger partial charge in [0.15, 0.2) is 0 Å². The van der Waals surface area contributed by atoms with E-state index in [0.29, 0.717) is 5.76 Å². The van der Waals surface area contributed by atoms with Crippen LogP contribution in [0.15, 0.2) is 75.9 Å². The quantitative estimate of drug-likeness (QED) is 0.690. The molecule has 0 radical (unpaired) electrons. The summed E-state index contributed by atoms with van der Waals surface area (Å²) in [5.74, 6) is 0.627. The highest BCUT2D eigenvalue weighted by molar-refractivity contribution is 5.81. The van der Waals surface area contributed by atoms with Gasteiger partial charge in [-0.25, -0.2) is 4.79 Å². The molecule has 0 aliphatic rings. The van der Waals surface area contributed by atoms with Crippen molar-refractivity contribution in [3.05, 3.63) is 82.7 Å². The summed E-state index contributed by atoms with van der Waals surface area (Å²) in [6.45, 7) is 1.94. The summed E-state index contributed by atoms with van der Waals surface area (Å²) in [4.78, 5) is 11.7. The normalized spacial score (nSPS) is 10.4. The smallest absolute Gasteiger partial charge is 0.336 e. The zero-order valence-corrected chi connectivity index (χ0v) is 11.2. The third-order valence-corrected chi connectivity index (χ3v) is 3.26. The van der Waals surface area contributed by atoms with Crippen molar-refractivity contribution < 1.29 is 4.42 Å². The molecule has 2 nitrogen and oxygen atoms in total. The van der Waals surface area contributed by atoms with Crippen LogP contribution in [-0.4, -0.2) is 0 Å². The molecule has 2 aromatic carbocycles. The molecule has 1 aromatic heterocycles. The topological polar surface area (TPSA) is 30.2 Å². The average Bonchev–Trinajstić information content (AvgIpc) is 2.48. The van der Waals surface area contributed by atoms with Gasteiger partial charge in [-0.1, -0.05) is 60.7 Å². The molecule has 0 aliphatic carbocycles. The highest BCUT2D eigenvalue weighted by atomic mass is 16.4. The maximum atomic E-state index is 11.7. The Bertz CT molecular complexity index is 772. The average molecular weight is 262 g/mol. The maximum Gasteiger partial charge on any atom is 0.336 e. The SMILES string of the molecule is Cc1cc(=O)oc(-c2ccccc2)c1-c1ccccc1. The zero-order valence-electron chi connectivity index (χ0n) is 11.2. The van der Waals surface area contributed by atoms with Crippen molar-refractivity contribution in [2.45, 2.75) is 6.92 Å². The van der Waals surface area contributed by atoms with Crippen LogP contribution in [-0.2, 0) is 0 Å². The molecule has 1 heterocycles. The van der Waals surface area contributed by atoms with Crippen LogP contribution >= 0.6 is 0 Å². The van der Waals surface area contributed by atoms with Crippen LogP contribution in [0.3, 0.4) is 0 Å². The van der Waals surface area contributed by atoms with Gasteiger partial charge in [0.25, 0.3) is 0 Å². The molecule has 0 unspecified atom stereocenters. The van der Waals surface area contributed by atoms with Gasteiger partial charge < -0.3 is 4.42 Å². The molecule has 0 N–H and O–H groups in total. The van der Waals surface area contributed by atoms with E-state index in [4.69, 9.17) is 4.42 Å². The van der Waals surface area contributed by atoms with Crippen LogP contribution in [0.25, 0.3) is 22.5 Å². The summed E-state index contributed by atoms with van der Waals surface area (Å²) in [7, 11) is 0. The van der Waals surface area contributed by atoms with Gasteiger partial charge in [-0.2, -0.15) is 0 Å². The summed E-state index contributed by atoms with van der Waals surface area (Å²) in [5.41, 5.74) is 3.53. The molecule has 20 heavy (non-hydrogen) atoms. The predicted octanol–water partition coefficient (Wildman–Crippen LogP) is 4.28. The Labute approximate surface area is 117 Å². The van der Waals surface area contributed by atoms with E-state index in [9.17, 15) is 4.79 Å². The van der Waals surface area contributed by atoms with E-state index in [1.54, 1.807) is 0 Å². The second kappa shape index (κ2) is 5.17. The van der Waals surface area contributed by atoms with Gasteiger partial charge in [0.05, 0.1) is 0 Å². The number of hydrogen-bond acceptors (Lipinski definition) is 2. The number of aryl methyl sites for hydroxylation is 1. The van der Waals surface area contributed by atoms with Crippen molar-refractivity contribution in [1.29, 1.82) is 0 Å². The van der Waals surface area contributed by atoms with Crippen LogP contribution in [0.2, 0.25) is 0 Å². The van der Waals surface area contributed by atoms with Crippen LogP contribution in [0.1, 0.15) is 5.56 Å². The van der Waals surface area contributed by atoms with Crippen LogP contribution < -0.4 is 5.63 Å². The van der Waals surface area contributed by atoms with E-state index in [1.807, 2.05) is 67.6 Å². The lowest BCUT2D eigenvalue weighted by atomic mass is 9.97. The lowest BCUT2D eigenvalue weighted by molar-refractivity contribution is 0.526. The fourth-order valence-electron chi connectivity index (χ4n) is 2.37. The molecule has 98 valence electrons. The van der Waals surface area contributed by atoms with Crippen molar-refractivity contribution in [2.75, 3.05) is 0 Å². The van der Waals surface area contributed by atoms with Crippen molar-refractivity contribution in [1.82, 2.24) is 0 Å². The third-order valence-electron chi connectivity index (χ3n) is 3.26. The highest BCUT2D eigenvalue weighted by Crippen LogP contribution is 2.33. The molecule has 3 rings (SSSR count). The minimum atomic E-state index is -0.318. The van der Waals surface area contributed by atoms with Crippen molar-refractivity contribution in [3.8, 4) is 22.5 Å². The first kappa shape index (κ1) is 12.4. The molecule has 2 heteroatoms. The van der Waals surface area contributed by atoms with Gasteiger partial charge in [0, 0.05) is 17.2 Å². The zero-order chi connectivity index (χ0) is 13.9. The molecular weight excluding hydrogens is 248 g/mol. The molecule has 0 aliphatic heterocycles. The second-order valence-corrected chi connectivity index (χ2v) is 4.68. The van der Waals surface area contributed by atoms with E-state index in [2.05, 4.69) is 0 Å². The molecule has 0 spiro atoms. The van der Waals surface area contributed by atoms with Gasteiger partial charge in [0.2, 0.25) is 0 Å². The summed E-state index contributed by atoms with van der Waals surface area (Å²) in [6.07, 6.45) is 0. The van der Waals surface area contributed by atoms with Gasteiger partial charge >= 0.3 is 5.63 Å². The molecule has 0 saturated heterocycles. The Kier molecular flexibility index (Phi) is 3.21. The van der Waals surface area contributed by atoms with Gasteiger partial charge in [-0.15, -0.1) is 0 Å². The molecule has 3 aromatic rings. The Morgan fingerprint density at radius 2 is 1.35 bits per heavy atom.